The van der Waals surface area contributed by atoms with Crippen molar-refractivity contribution in [3.63, 3.8) is 0 Å². The van der Waals surface area contributed by atoms with Crippen LogP contribution < -0.4 is 5.73 Å². The summed E-state index contributed by atoms with van der Waals surface area (Å²) in [6.45, 7) is 1.82. The van der Waals surface area contributed by atoms with Gasteiger partial charge in [0.2, 0.25) is 5.91 Å². The van der Waals surface area contributed by atoms with E-state index in [4.69, 9.17) is 15.9 Å². The molecule has 0 rings (SSSR count). The van der Waals surface area contributed by atoms with Gasteiger partial charge in [-0.2, -0.15) is 0 Å². The minimum Gasteiger partial charge on any atom is -0.396 e. The Morgan fingerprint density at radius 3 is 1.92 bits per heavy atom. The lowest BCUT2D eigenvalue weighted by Crippen LogP contribution is -2.38. The molecule has 0 saturated carbocycles. The molecular weight excluding hydrogens is 170 g/mol. The highest BCUT2D eigenvalue weighted by Crippen LogP contribution is 2.31. The van der Waals surface area contributed by atoms with Crippen LogP contribution >= 0.6 is 0 Å². The Balaban J connectivity index is 4.48. The molecule has 0 aliphatic carbocycles. The third-order valence-corrected chi connectivity index (χ3v) is 2.43. The molecule has 13 heavy (non-hydrogen) atoms. The Morgan fingerprint density at radius 2 is 1.69 bits per heavy atom. The SMILES string of the molecule is CCCC(CCO)(CCO)C(N)=O. The number of carbonyl (C=O) groups excluding carboxylic acids is 1. The molecule has 0 radical (unpaired) electrons. The number of primary amides is 1. The lowest BCUT2D eigenvalue weighted by atomic mass is 9.77. The minimum absolute atomic E-state index is 0.0665. The summed E-state index contributed by atoms with van der Waals surface area (Å²) in [6, 6.07) is 0. The molecule has 0 bridgehead atoms. The van der Waals surface area contributed by atoms with Gasteiger partial charge in [0.1, 0.15) is 0 Å². The number of carbonyl (C=O) groups is 1. The Hall–Kier alpha value is -0.610. The number of aliphatic hydroxyl groups is 2. The van der Waals surface area contributed by atoms with E-state index in [1.54, 1.807) is 0 Å². The van der Waals surface area contributed by atoms with Crippen LogP contribution in [0.3, 0.4) is 0 Å². The van der Waals surface area contributed by atoms with E-state index >= 15 is 0 Å². The molecule has 0 aromatic rings. The molecule has 78 valence electrons. The van der Waals surface area contributed by atoms with Crippen molar-refractivity contribution in [2.24, 2.45) is 11.1 Å². The number of nitrogens with two attached hydrogens (primary N) is 1. The zero-order valence-corrected chi connectivity index (χ0v) is 8.12. The molecule has 0 atom stereocenters. The van der Waals surface area contributed by atoms with Gasteiger partial charge in [0.25, 0.3) is 0 Å². The lowest BCUT2D eigenvalue weighted by Gasteiger charge is -2.28. The van der Waals surface area contributed by atoms with E-state index in [0.717, 1.165) is 6.42 Å². The van der Waals surface area contributed by atoms with Crippen LogP contribution in [0.4, 0.5) is 0 Å². The van der Waals surface area contributed by atoms with Gasteiger partial charge in [0.05, 0.1) is 5.41 Å². The second-order valence-electron chi connectivity index (χ2n) is 3.34. The number of hydrogen-bond donors (Lipinski definition) is 3. The van der Waals surface area contributed by atoms with Crippen molar-refractivity contribution in [2.45, 2.75) is 32.6 Å². The van der Waals surface area contributed by atoms with Crippen LogP contribution in [-0.4, -0.2) is 29.3 Å². The molecule has 4 N–H and O–H groups in total. The smallest absolute Gasteiger partial charge is 0.223 e. The maximum Gasteiger partial charge on any atom is 0.223 e. The highest BCUT2D eigenvalue weighted by Gasteiger charge is 2.34. The van der Waals surface area contributed by atoms with Crippen LogP contribution in [0.15, 0.2) is 0 Å². The molecule has 1 amide bonds. The topological polar surface area (TPSA) is 83.6 Å². The molecule has 0 aliphatic heterocycles. The summed E-state index contributed by atoms with van der Waals surface area (Å²) < 4.78 is 0. The van der Waals surface area contributed by atoms with E-state index in [1.165, 1.54) is 0 Å². The van der Waals surface area contributed by atoms with Crippen LogP contribution in [0.5, 0.6) is 0 Å². The summed E-state index contributed by atoms with van der Waals surface area (Å²) in [6.07, 6.45) is 2.14. The van der Waals surface area contributed by atoms with E-state index in [0.29, 0.717) is 19.3 Å². The van der Waals surface area contributed by atoms with Crippen molar-refractivity contribution in [3.05, 3.63) is 0 Å². The van der Waals surface area contributed by atoms with Gasteiger partial charge in [0.15, 0.2) is 0 Å². The van der Waals surface area contributed by atoms with Gasteiger partial charge < -0.3 is 15.9 Å². The fourth-order valence-corrected chi connectivity index (χ4v) is 1.65. The maximum absolute atomic E-state index is 11.2. The second-order valence-corrected chi connectivity index (χ2v) is 3.34. The number of amides is 1. The summed E-state index contributed by atoms with van der Waals surface area (Å²) >= 11 is 0. The van der Waals surface area contributed by atoms with E-state index in [2.05, 4.69) is 0 Å². The molecule has 0 unspecified atom stereocenters. The fourth-order valence-electron chi connectivity index (χ4n) is 1.65. The fraction of sp³-hybridized carbons (Fsp3) is 0.889. The van der Waals surface area contributed by atoms with Gasteiger partial charge in [-0.25, -0.2) is 0 Å². The monoisotopic (exact) mass is 189 g/mol. The molecule has 0 saturated heterocycles. The molecule has 4 nitrogen and oxygen atoms in total. The van der Waals surface area contributed by atoms with Crippen LogP contribution in [0, 0.1) is 5.41 Å². The van der Waals surface area contributed by atoms with Gasteiger partial charge >= 0.3 is 0 Å². The molecular formula is C9H19NO3. The van der Waals surface area contributed by atoms with E-state index < -0.39 is 11.3 Å². The predicted octanol–water partition coefficient (Wildman–Crippen LogP) is 0.0230. The highest BCUT2D eigenvalue weighted by molar-refractivity contribution is 5.80. The Bertz CT molecular complexity index is 142. The van der Waals surface area contributed by atoms with Crippen molar-refractivity contribution >= 4 is 5.91 Å². The summed E-state index contributed by atoms with van der Waals surface area (Å²) in [4.78, 5) is 11.2. The Morgan fingerprint density at radius 1 is 1.23 bits per heavy atom. The van der Waals surface area contributed by atoms with Gasteiger partial charge in [-0.15, -0.1) is 0 Å². The summed E-state index contributed by atoms with van der Waals surface area (Å²) in [5.41, 5.74) is 4.56. The molecule has 0 spiro atoms. The second kappa shape index (κ2) is 5.94. The molecule has 0 aromatic carbocycles. The summed E-state index contributed by atoms with van der Waals surface area (Å²) in [5.74, 6) is -0.419. The van der Waals surface area contributed by atoms with E-state index in [-0.39, 0.29) is 13.2 Å². The van der Waals surface area contributed by atoms with E-state index in [1.807, 2.05) is 6.92 Å². The average Bonchev–Trinajstić information content (AvgIpc) is 2.05. The van der Waals surface area contributed by atoms with Crippen molar-refractivity contribution in [1.29, 1.82) is 0 Å². The third-order valence-electron chi connectivity index (χ3n) is 2.43. The van der Waals surface area contributed by atoms with Crippen LogP contribution in [0.25, 0.3) is 0 Å². The van der Waals surface area contributed by atoms with Gasteiger partial charge in [0, 0.05) is 13.2 Å². The van der Waals surface area contributed by atoms with Crippen LogP contribution in [0.2, 0.25) is 0 Å². The molecule has 0 aliphatic rings. The Kier molecular flexibility index (Phi) is 5.66. The summed E-state index contributed by atoms with van der Waals surface area (Å²) in [7, 11) is 0. The molecule has 0 fully saturated rings. The summed E-state index contributed by atoms with van der Waals surface area (Å²) in [5, 5.41) is 17.6. The van der Waals surface area contributed by atoms with Gasteiger partial charge in [-0.1, -0.05) is 13.3 Å². The largest absolute Gasteiger partial charge is 0.396 e. The van der Waals surface area contributed by atoms with Crippen molar-refractivity contribution in [3.8, 4) is 0 Å². The van der Waals surface area contributed by atoms with Gasteiger partial charge in [-0.05, 0) is 19.3 Å². The molecule has 4 heteroatoms. The average molecular weight is 189 g/mol. The normalized spacial score (nSPS) is 11.6. The van der Waals surface area contributed by atoms with Crippen molar-refractivity contribution in [2.75, 3.05) is 13.2 Å². The number of rotatable bonds is 7. The number of aliphatic hydroxyl groups excluding tert-OH is 2. The first kappa shape index (κ1) is 12.4. The standard InChI is InChI=1S/C9H19NO3/c1-2-3-9(4-6-11,5-7-12)8(10)13/h11-12H,2-7H2,1H3,(H2,10,13). The highest BCUT2D eigenvalue weighted by atomic mass is 16.3. The Labute approximate surface area is 78.7 Å². The maximum atomic E-state index is 11.2. The van der Waals surface area contributed by atoms with Gasteiger partial charge in [-0.3, -0.25) is 4.79 Å². The van der Waals surface area contributed by atoms with Crippen molar-refractivity contribution in [1.82, 2.24) is 0 Å². The zero-order valence-electron chi connectivity index (χ0n) is 8.12. The lowest BCUT2D eigenvalue weighted by molar-refractivity contribution is -0.130. The quantitative estimate of drug-likeness (QED) is 0.528. The first-order valence-corrected chi connectivity index (χ1v) is 4.64. The molecule has 0 aromatic heterocycles. The van der Waals surface area contributed by atoms with E-state index in [9.17, 15) is 4.79 Å². The first-order valence-electron chi connectivity index (χ1n) is 4.64. The zero-order chi connectivity index (χ0) is 10.3. The molecule has 0 heterocycles. The predicted molar refractivity (Wildman–Crippen MR) is 49.9 cm³/mol. The number of hydrogen-bond acceptors (Lipinski definition) is 3. The van der Waals surface area contributed by atoms with Crippen LogP contribution in [-0.2, 0) is 4.79 Å². The minimum atomic E-state index is -0.710. The first-order chi connectivity index (χ1) is 6.13. The van der Waals surface area contributed by atoms with Crippen LogP contribution in [0.1, 0.15) is 32.6 Å². The van der Waals surface area contributed by atoms with Crippen molar-refractivity contribution < 1.29 is 15.0 Å². The third kappa shape index (κ3) is 3.32.